The molecule has 2 heteroatoms. The number of rotatable bonds is 1. The van der Waals surface area contributed by atoms with Crippen molar-refractivity contribution in [3.05, 3.63) is 0 Å². The summed E-state index contributed by atoms with van der Waals surface area (Å²) < 4.78 is 6.25. The number of carbonyl (C=O) groups is 1. The smallest absolute Gasteiger partial charge is 0.136 e. The topological polar surface area (TPSA) is 26.3 Å². The molecule has 0 aliphatic heterocycles. The van der Waals surface area contributed by atoms with Gasteiger partial charge < -0.3 is 4.74 Å². The van der Waals surface area contributed by atoms with Crippen molar-refractivity contribution >= 4 is 5.78 Å². The van der Waals surface area contributed by atoms with E-state index in [0.717, 1.165) is 38.5 Å². The summed E-state index contributed by atoms with van der Waals surface area (Å²) in [5.41, 5.74) is -0.00305. The van der Waals surface area contributed by atoms with E-state index in [1.54, 1.807) is 0 Å². The molecule has 2 aliphatic carbocycles. The van der Waals surface area contributed by atoms with Gasteiger partial charge in [0.05, 0.1) is 11.7 Å². The highest BCUT2D eigenvalue weighted by Crippen LogP contribution is 2.50. The van der Waals surface area contributed by atoms with E-state index in [-0.39, 0.29) is 23.0 Å². The van der Waals surface area contributed by atoms with Crippen LogP contribution in [0.5, 0.6) is 0 Å². The second-order valence-corrected chi connectivity index (χ2v) is 7.03. The molecule has 0 unspecified atom stereocenters. The minimum absolute atomic E-state index is 0.0981. The molecule has 2 aliphatic rings. The van der Waals surface area contributed by atoms with E-state index in [2.05, 4.69) is 27.7 Å². The minimum atomic E-state index is -0.101. The zero-order valence-corrected chi connectivity index (χ0v) is 11.7. The third kappa shape index (κ3) is 2.57. The maximum atomic E-state index is 12.1. The van der Waals surface area contributed by atoms with Crippen LogP contribution in [0.1, 0.15) is 66.2 Å². The summed E-state index contributed by atoms with van der Waals surface area (Å²) in [5.74, 6) is 0.748. The van der Waals surface area contributed by atoms with Crippen molar-refractivity contribution in [3.8, 4) is 0 Å². The third-order valence-electron chi connectivity index (χ3n) is 4.51. The van der Waals surface area contributed by atoms with Crippen molar-refractivity contribution in [1.82, 2.24) is 0 Å². The predicted molar refractivity (Wildman–Crippen MR) is 68.9 cm³/mol. The maximum Gasteiger partial charge on any atom is 0.136 e. The van der Waals surface area contributed by atoms with Gasteiger partial charge in [0.15, 0.2) is 0 Å². The fourth-order valence-electron chi connectivity index (χ4n) is 3.69. The number of carbonyl (C=O) groups excluding carboxylic acids is 1. The molecule has 3 atom stereocenters. The number of ether oxygens (including phenoxy) is 1. The number of fused-ring (bicyclic) bond motifs is 1. The summed E-state index contributed by atoms with van der Waals surface area (Å²) in [6, 6.07) is 0. The van der Waals surface area contributed by atoms with E-state index >= 15 is 0 Å². The number of hydrogen-bond acceptors (Lipinski definition) is 2. The normalized spacial score (nSPS) is 38.9. The first-order chi connectivity index (χ1) is 7.83. The molecule has 0 amide bonds. The van der Waals surface area contributed by atoms with Gasteiger partial charge in [-0.1, -0.05) is 13.3 Å². The van der Waals surface area contributed by atoms with Crippen LogP contribution in [0.15, 0.2) is 0 Å². The van der Waals surface area contributed by atoms with E-state index < -0.39 is 0 Å². The van der Waals surface area contributed by atoms with E-state index in [1.165, 1.54) is 0 Å². The largest absolute Gasteiger partial charge is 0.372 e. The Morgan fingerprint density at radius 1 is 1.24 bits per heavy atom. The highest BCUT2D eigenvalue weighted by atomic mass is 16.5. The summed E-state index contributed by atoms with van der Waals surface area (Å²) in [6.45, 7) is 8.63. The van der Waals surface area contributed by atoms with E-state index in [9.17, 15) is 4.79 Å². The summed E-state index contributed by atoms with van der Waals surface area (Å²) in [6.07, 6.45) is 6.62. The molecular formula is C15H26O2. The van der Waals surface area contributed by atoms with Gasteiger partial charge in [0, 0.05) is 17.8 Å². The average Bonchev–Trinajstić information content (AvgIpc) is 2.18. The van der Waals surface area contributed by atoms with Gasteiger partial charge in [0.25, 0.3) is 0 Å². The lowest BCUT2D eigenvalue weighted by Gasteiger charge is -2.50. The van der Waals surface area contributed by atoms with Crippen LogP contribution in [0.4, 0.5) is 0 Å². The fraction of sp³-hybridized carbons (Fsp3) is 0.933. The van der Waals surface area contributed by atoms with Crippen LogP contribution < -0.4 is 0 Å². The molecule has 0 saturated heterocycles. The maximum absolute atomic E-state index is 12.1. The molecule has 0 heterocycles. The van der Waals surface area contributed by atoms with Gasteiger partial charge in [-0.25, -0.2) is 0 Å². The summed E-state index contributed by atoms with van der Waals surface area (Å²) in [5, 5.41) is 0. The number of hydrogen-bond donors (Lipinski definition) is 0. The zero-order chi connectivity index (χ0) is 12.7. The van der Waals surface area contributed by atoms with Crippen LogP contribution in [0.3, 0.4) is 0 Å². The molecule has 0 bridgehead atoms. The Kier molecular flexibility index (Phi) is 3.37. The molecule has 2 nitrogen and oxygen atoms in total. The second kappa shape index (κ2) is 4.38. The van der Waals surface area contributed by atoms with Crippen LogP contribution in [-0.2, 0) is 9.53 Å². The molecule has 0 spiro atoms. The Balaban J connectivity index is 2.19. The highest BCUT2D eigenvalue weighted by molar-refractivity contribution is 5.82. The molecule has 0 N–H and O–H groups in total. The first-order valence-electron chi connectivity index (χ1n) is 7.03. The number of Topliss-reactive ketones (excluding diaryl/α,β-unsaturated/α-hetero) is 1. The minimum Gasteiger partial charge on any atom is -0.372 e. The van der Waals surface area contributed by atoms with Gasteiger partial charge in [0.2, 0.25) is 0 Å². The van der Waals surface area contributed by atoms with Gasteiger partial charge in [0.1, 0.15) is 5.78 Å². The van der Waals surface area contributed by atoms with Crippen LogP contribution in [0.2, 0.25) is 0 Å². The molecule has 2 fully saturated rings. The average molecular weight is 238 g/mol. The van der Waals surface area contributed by atoms with Crippen molar-refractivity contribution in [1.29, 1.82) is 0 Å². The van der Waals surface area contributed by atoms with E-state index in [0.29, 0.717) is 5.78 Å². The molecule has 0 aromatic heterocycles. The molecule has 2 saturated carbocycles. The van der Waals surface area contributed by atoms with Crippen LogP contribution in [0, 0.1) is 11.3 Å². The van der Waals surface area contributed by atoms with Crippen LogP contribution in [-0.4, -0.2) is 17.5 Å². The second-order valence-electron chi connectivity index (χ2n) is 7.03. The quantitative estimate of drug-likeness (QED) is 0.696. The van der Waals surface area contributed by atoms with Crippen molar-refractivity contribution in [2.24, 2.45) is 11.3 Å². The predicted octanol–water partition coefficient (Wildman–Crippen LogP) is 3.73. The summed E-state index contributed by atoms with van der Waals surface area (Å²) >= 11 is 0. The Labute approximate surface area is 105 Å². The Hall–Kier alpha value is -0.370. The Morgan fingerprint density at radius 2 is 1.94 bits per heavy atom. The van der Waals surface area contributed by atoms with Gasteiger partial charge in [-0.15, -0.1) is 0 Å². The summed E-state index contributed by atoms with van der Waals surface area (Å²) in [7, 11) is 0. The van der Waals surface area contributed by atoms with Gasteiger partial charge in [-0.05, 0) is 46.5 Å². The van der Waals surface area contributed by atoms with Crippen LogP contribution in [0.25, 0.3) is 0 Å². The van der Waals surface area contributed by atoms with Crippen LogP contribution >= 0.6 is 0 Å². The molecular weight excluding hydrogens is 212 g/mol. The standard InChI is InChI=1S/C15H26O2/c1-14(2,3)17-13-9-5-7-11-12(16)8-6-10-15(11,13)4/h11,13H,5-10H2,1-4H3/t11-,13-,15-/m0/s1. The lowest BCUT2D eigenvalue weighted by molar-refractivity contribution is -0.168. The van der Waals surface area contributed by atoms with E-state index in [1.807, 2.05) is 0 Å². The van der Waals surface area contributed by atoms with Crippen molar-refractivity contribution in [2.75, 3.05) is 0 Å². The SMILES string of the molecule is CC(C)(C)O[C@H]1CCC[C@H]2C(=O)CCC[C@]12C. The fourth-order valence-corrected chi connectivity index (χ4v) is 3.69. The number of ketones is 1. The molecule has 98 valence electrons. The lowest BCUT2D eigenvalue weighted by Crippen LogP contribution is -2.51. The van der Waals surface area contributed by atoms with Crippen molar-refractivity contribution in [2.45, 2.75) is 77.9 Å². The van der Waals surface area contributed by atoms with Gasteiger partial charge in [-0.2, -0.15) is 0 Å². The van der Waals surface area contributed by atoms with Gasteiger partial charge >= 0.3 is 0 Å². The summed E-state index contributed by atoms with van der Waals surface area (Å²) in [4.78, 5) is 12.1. The van der Waals surface area contributed by atoms with E-state index in [4.69, 9.17) is 4.74 Å². The molecule has 2 rings (SSSR count). The van der Waals surface area contributed by atoms with Gasteiger partial charge in [-0.3, -0.25) is 4.79 Å². The highest BCUT2D eigenvalue weighted by Gasteiger charge is 2.50. The Morgan fingerprint density at radius 3 is 2.59 bits per heavy atom. The third-order valence-corrected chi connectivity index (χ3v) is 4.51. The zero-order valence-electron chi connectivity index (χ0n) is 11.7. The Bertz CT molecular complexity index is 303. The van der Waals surface area contributed by atoms with Crippen molar-refractivity contribution < 1.29 is 9.53 Å². The molecule has 0 aromatic rings. The molecule has 0 aromatic carbocycles. The lowest BCUT2D eigenvalue weighted by atomic mass is 9.58. The first kappa shape index (κ1) is 13.1. The molecule has 0 radical (unpaired) electrons. The monoisotopic (exact) mass is 238 g/mol. The molecule has 17 heavy (non-hydrogen) atoms. The van der Waals surface area contributed by atoms with Crippen molar-refractivity contribution in [3.63, 3.8) is 0 Å². The first-order valence-corrected chi connectivity index (χ1v) is 7.03.